The molecule has 0 saturated heterocycles. The molecule has 3 aromatic heterocycles. The lowest BCUT2D eigenvalue weighted by molar-refractivity contribution is -0.118. The van der Waals surface area contributed by atoms with E-state index in [4.69, 9.17) is 4.42 Å². The highest BCUT2D eigenvalue weighted by Crippen LogP contribution is 2.31. The number of rotatable bonds is 9. The number of thioether (sulfide) groups is 2. The second-order valence-corrected chi connectivity index (χ2v) is 9.22. The molecular weight excluding hydrogens is 426 g/mol. The molecule has 1 N–H and O–H groups in total. The SMILES string of the molecule is CCn1c(CSc2nc3ccccc3s2)nnc1SCC(=O)NCc1ccco1. The third kappa shape index (κ3) is 5.01. The number of fused-ring (bicyclic) bond motifs is 1. The first-order valence-electron chi connectivity index (χ1n) is 9.05. The number of hydrogen-bond donors (Lipinski definition) is 1. The second kappa shape index (κ2) is 9.47. The van der Waals surface area contributed by atoms with E-state index in [1.54, 1.807) is 35.4 Å². The van der Waals surface area contributed by atoms with E-state index in [1.807, 2.05) is 28.8 Å². The Morgan fingerprint density at radius 2 is 2.10 bits per heavy atom. The van der Waals surface area contributed by atoms with Crippen LogP contribution in [0, 0.1) is 0 Å². The molecular formula is C19H19N5O2S3. The number of aromatic nitrogens is 4. The van der Waals surface area contributed by atoms with Gasteiger partial charge in [0.2, 0.25) is 5.91 Å². The summed E-state index contributed by atoms with van der Waals surface area (Å²) >= 11 is 4.73. The zero-order valence-corrected chi connectivity index (χ0v) is 18.1. The summed E-state index contributed by atoms with van der Waals surface area (Å²) in [5.74, 6) is 2.52. The smallest absolute Gasteiger partial charge is 0.230 e. The molecule has 10 heteroatoms. The van der Waals surface area contributed by atoms with Gasteiger partial charge in [0.15, 0.2) is 9.50 Å². The molecule has 1 aromatic carbocycles. The molecule has 0 aliphatic heterocycles. The van der Waals surface area contributed by atoms with Gasteiger partial charge in [-0.15, -0.1) is 21.5 Å². The Labute approximate surface area is 180 Å². The van der Waals surface area contributed by atoms with Crippen molar-refractivity contribution in [2.75, 3.05) is 5.75 Å². The molecule has 3 heterocycles. The predicted molar refractivity (Wildman–Crippen MR) is 116 cm³/mol. The molecule has 0 unspecified atom stereocenters. The van der Waals surface area contributed by atoms with Crippen LogP contribution in [-0.2, 0) is 23.6 Å². The number of furan rings is 1. The predicted octanol–water partition coefficient (Wildman–Crippen LogP) is 4.20. The first kappa shape index (κ1) is 20.0. The van der Waals surface area contributed by atoms with Crippen LogP contribution in [0.25, 0.3) is 10.2 Å². The van der Waals surface area contributed by atoms with Crippen LogP contribution in [0.5, 0.6) is 0 Å². The lowest BCUT2D eigenvalue weighted by Gasteiger charge is -2.07. The minimum atomic E-state index is -0.0672. The van der Waals surface area contributed by atoms with Crippen LogP contribution < -0.4 is 5.32 Å². The number of carbonyl (C=O) groups is 1. The van der Waals surface area contributed by atoms with Gasteiger partial charge < -0.3 is 14.3 Å². The van der Waals surface area contributed by atoms with Crippen molar-refractivity contribution in [3.63, 3.8) is 0 Å². The fourth-order valence-corrected chi connectivity index (χ4v) is 5.53. The average molecular weight is 446 g/mol. The third-order valence-electron chi connectivity index (χ3n) is 4.08. The monoisotopic (exact) mass is 445 g/mol. The van der Waals surface area contributed by atoms with E-state index in [-0.39, 0.29) is 11.7 Å². The maximum Gasteiger partial charge on any atom is 0.230 e. The first-order chi connectivity index (χ1) is 14.2. The Morgan fingerprint density at radius 1 is 1.21 bits per heavy atom. The van der Waals surface area contributed by atoms with Gasteiger partial charge in [0, 0.05) is 6.54 Å². The van der Waals surface area contributed by atoms with Crippen molar-refractivity contribution in [2.45, 2.75) is 35.3 Å². The largest absolute Gasteiger partial charge is 0.467 e. The fourth-order valence-electron chi connectivity index (χ4n) is 2.67. The third-order valence-corrected chi connectivity index (χ3v) is 7.22. The topological polar surface area (TPSA) is 85.8 Å². The summed E-state index contributed by atoms with van der Waals surface area (Å²) in [6.45, 7) is 3.19. The summed E-state index contributed by atoms with van der Waals surface area (Å²) in [6.07, 6.45) is 1.59. The Morgan fingerprint density at radius 3 is 2.90 bits per heavy atom. The van der Waals surface area contributed by atoms with Crippen molar-refractivity contribution < 1.29 is 9.21 Å². The van der Waals surface area contributed by atoms with Crippen LogP contribution in [-0.4, -0.2) is 31.4 Å². The minimum Gasteiger partial charge on any atom is -0.467 e. The van der Waals surface area contributed by atoms with Crippen molar-refractivity contribution in [3.8, 4) is 0 Å². The molecule has 0 fully saturated rings. The summed E-state index contributed by atoms with van der Waals surface area (Å²) in [6, 6.07) is 11.8. The van der Waals surface area contributed by atoms with E-state index in [2.05, 4.69) is 33.5 Å². The Kier molecular flexibility index (Phi) is 6.53. The van der Waals surface area contributed by atoms with Crippen molar-refractivity contribution in [1.29, 1.82) is 0 Å². The maximum absolute atomic E-state index is 12.1. The first-order valence-corrected chi connectivity index (χ1v) is 11.8. The number of nitrogens with zero attached hydrogens (tertiary/aromatic N) is 4. The van der Waals surface area contributed by atoms with Crippen molar-refractivity contribution in [1.82, 2.24) is 25.1 Å². The molecule has 0 atom stereocenters. The standard InChI is InChI=1S/C19H19N5O2S3/c1-2-24-16(11-28-19-21-14-7-3-4-8-15(14)29-19)22-23-18(24)27-12-17(25)20-10-13-6-5-9-26-13/h3-9H,2,10-12H2,1H3,(H,20,25). The zero-order valence-electron chi connectivity index (χ0n) is 15.7. The summed E-state index contributed by atoms with van der Waals surface area (Å²) in [5, 5.41) is 12.2. The summed E-state index contributed by atoms with van der Waals surface area (Å²) in [7, 11) is 0. The number of thiazole rings is 1. The van der Waals surface area contributed by atoms with Crippen molar-refractivity contribution in [2.24, 2.45) is 0 Å². The molecule has 150 valence electrons. The van der Waals surface area contributed by atoms with Crippen LogP contribution in [0.2, 0.25) is 0 Å². The van der Waals surface area contributed by atoms with Crippen LogP contribution >= 0.6 is 34.9 Å². The lowest BCUT2D eigenvalue weighted by Crippen LogP contribution is -2.24. The van der Waals surface area contributed by atoms with Crippen LogP contribution in [0.3, 0.4) is 0 Å². The van der Waals surface area contributed by atoms with E-state index in [0.29, 0.717) is 12.3 Å². The van der Waals surface area contributed by atoms with E-state index >= 15 is 0 Å². The highest BCUT2D eigenvalue weighted by molar-refractivity contribution is 8.00. The van der Waals surface area contributed by atoms with Gasteiger partial charge >= 0.3 is 0 Å². The van der Waals surface area contributed by atoms with Gasteiger partial charge in [0.1, 0.15) is 11.6 Å². The zero-order chi connectivity index (χ0) is 20.1. The number of hydrogen-bond acceptors (Lipinski definition) is 8. The summed E-state index contributed by atoms with van der Waals surface area (Å²) < 4.78 is 9.46. The number of para-hydroxylation sites is 1. The molecule has 0 radical (unpaired) electrons. The summed E-state index contributed by atoms with van der Waals surface area (Å²) in [4.78, 5) is 16.7. The molecule has 4 aromatic rings. The molecule has 29 heavy (non-hydrogen) atoms. The van der Waals surface area contributed by atoms with E-state index < -0.39 is 0 Å². The number of benzene rings is 1. The van der Waals surface area contributed by atoms with Gasteiger partial charge in [-0.3, -0.25) is 4.79 Å². The van der Waals surface area contributed by atoms with Gasteiger partial charge in [-0.2, -0.15) is 0 Å². The number of carbonyl (C=O) groups excluding carboxylic acids is 1. The van der Waals surface area contributed by atoms with Gasteiger partial charge in [-0.05, 0) is 31.2 Å². The van der Waals surface area contributed by atoms with Gasteiger partial charge in [0.25, 0.3) is 0 Å². The molecule has 0 aliphatic carbocycles. The Balaban J connectivity index is 1.32. The van der Waals surface area contributed by atoms with E-state index in [0.717, 1.165) is 33.1 Å². The highest BCUT2D eigenvalue weighted by Gasteiger charge is 2.14. The van der Waals surface area contributed by atoms with Crippen LogP contribution in [0.15, 0.2) is 56.6 Å². The molecule has 0 saturated carbocycles. The lowest BCUT2D eigenvalue weighted by atomic mass is 10.3. The fraction of sp³-hybridized carbons (Fsp3) is 0.263. The van der Waals surface area contributed by atoms with E-state index in [9.17, 15) is 4.79 Å². The average Bonchev–Trinajstić information content (AvgIpc) is 3.48. The Bertz CT molecular complexity index is 1060. The van der Waals surface area contributed by atoms with Crippen LogP contribution in [0.1, 0.15) is 18.5 Å². The molecule has 0 spiro atoms. The minimum absolute atomic E-state index is 0.0672. The Hall–Kier alpha value is -2.30. The van der Waals surface area contributed by atoms with Crippen LogP contribution in [0.4, 0.5) is 0 Å². The van der Waals surface area contributed by atoms with Crippen molar-refractivity contribution >= 4 is 51.0 Å². The van der Waals surface area contributed by atoms with Gasteiger partial charge in [-0.25, -0.2) is 4.98 Å². The van der Waals surface area contributed by atoms with Gasteiger partial charge in [-0.1, -0.05) is 35.7 Å². The molecule has 7 nitrogen and oxygen atoms in total. The quantitative estimate of drug-likeness (QED) is 0.386. The van der Waals surface area contributed by atoms with Gasteiger partial charge in [0.05, 0.1) is 34.5 Å². The van der Waals surface area contributed by atoms with E-state index in [1.165, 1.54) is 16.5 Å². The normalized spacial score (nSPS) is 11.2. The highest BCUT2D eigenvalue weighted by atomic mass is 32.2. The molecule has 1 amide bonds. The maximum atomic E-state index is 12.1. The number of nitrogens with one attached hydrogen (secondary N) is 1. The number of amides is 1. The molecule has 0 bridgehead atoms. The summed E-state index contributed by atoms with van der Waals surface area (Å²) in [5.41, 5.74) is 1.02. The molecule has 0 aliphatic rings. The second-order valence-electron chi connectivity index (χ2n) is 6.02. The molecule has 4 rings (SSSR count). The van der Waals surface area contributed by atoms with Crippen molar-refractivity contribution in [3.05, 3.63) is 54.2 Å².